The summed E-state index contributed by atoms with van der Waals surface area (Å²) in [6, 6.07) is 4.69. The predicted octanol–water partition coefficient (Wildman–Crippen LogP) is 2.86. The Bertz CT molecular complexity index is 492. The number of alkyl halides is 1. The summed E-state index contributed by atoms with van der Waals surface area (Å²) >= 11 is 6.53. The van der Waals surface area contributed by atoms with Crippen molar-refractivity contribution in [2.45, 2.75) is 11.2 Å². The Morgan fingerprint density at radius 3 is 2.71 bits per heavy atom. The number of hydrogen-bond acceptors (Lipinski definition) is 3. The van der Waals surface area contributed by atoms with E-state index in [0.717, 1.165) is 0 Å². The quantitative estimate of drug-likeness (QED) is 0.461. The first-order valence-corrected chi connectivity index (χ1v) is 6.58. The van der Waals surface area contributed by atoms with Gasteiger partial charge in [0.2, 0.25) is 5.91 Å². The summed E-state index contributed by atoms with van der Waals surface area (Å²) in [6.45, 7) is 0.460. The lowest BCUT2D eigenvalue weighted by Crippen LogP contribution is -2.25. The van der Waals surface area contributed by atoms with Crippen molar-refractivity contribution in [1.82, 2.24) is 0 Å². The van der Waals surface area contributed by atoms with Gasteiger partial charge in [0.25, 0.3) is 5.69 Å². The van der Waals surface area contributed by atoms with Crippen LogP contribution in [0.3, 0.4) is 0 Å². The van der Waals surface area contributed by atoms with Gasteiger partial charge in [-0.2, -0.15) is 0 Å². The fraction of sp³-hybridized carbons (Fsp3) is 0.300. The molecule has 1 fully saturated rings. The topological polar surface area (TPSA) is 63.5 Å². The number of halogens is 2. The van der Waals surface area contributed by atoms with Crippen LogP contribution < -0.4 is 4.90 Å². The molecule has 0 radical (unpaired) electrons. The molecule has 1 aromatic rings. The average Bonchev–Trinajstić information content (AvgIpc) is 2.57. The van der Waals surface area contributed by atoms with E-state index in [0.29, 0.717) is 23.1 Å². The van der Waals surface area contributed by atoms with E-state index < -0.39 is 4.92 Å². The van der Waals surface area contributed by atoms with Crippen LogP contribution in [-0.2, 0) is 4.79 Å². The van der Waals surface area contributed by atoms with Gasteiger partial charge in [0.1, 0.15) is 5.69 Å². The van der Waals surface area contributed by atoms with Gasteiger partial charge in [0.05, 0.1) is 4.92 Å². The third kappa shape index (κ3) is 2.50. The first-order chi connectivity index (χ1) is 7.99. The zero-order chi connectivity index (χ0) is 12.6. The van der Waals surface area contributed by atoms with Gasteiger partial charge in [-0.1, -0.05) is 31.9 Å². The average molecular weight is 364 g/mol. The normalized spacial score (nSPS) is 19.8. The number of carbonyl (C=O) groups excluding carboxylic acids is 1. The number of nitro benzene ring substituents is 1. The minimum Gasteiger partial charge on any atom is -0.305 e. The SMILES string of the molecule is O=C1CC(Br)CN1c1ccc(Br)cc1[N+](=O)[O-]. The maximum absolute atomic E-state index is 11.7. The van der Waals surface area contributed by atoms with Gasteiger partial charge in [-0.3, -0.25) is 14.9 Å². The maximum atomic E-state index is 11.7. The van der Waals surface area contributed by atoms with Crippen LogP contribution in [0, 0.1) is 10.1 Å². The molecule has 1 aliphatic rings. The van der Waals surface area contributed by atoms with Crippen molar-refractivity contribution in [2.75, 3.05) is 11.4 Å². The van der Waals surface area contributed by atoms with Crippen LogP contribution in [0.2, 0.25) is 0 Å². The number of benzene rings is 1. The first-order valence-electron chi connectivity index (χ1n) is 4.87. The molecule has 0 spiro atoms. The summed E-state index contributed by atoms with van der Waals surface area (Å²) in [7, 11) is 0. The summed E-state index contributed by atoms with van der Waals surface area (Å²) in [5.74, 6) is -0.0997. The van der Waals surface area contributed by atoms with Crippen molar-refractivity contribution in [1.29, 1.82) is 0 Å². The van der Waals surface area contributed by atoms with Crippen molar-refractivity contribution in [3.05, 3.63) is 32.8 Å². The third-order valence-corrected chi connectivity index (χ3v) is 3.61. The molecule has 0 N–H and O–H groups in total. The number of amides is 1. The van der Waals surface area contributed by atoms with E-state index in [1.54, 1.807) is 12.1 Å². The van der Waals surface area contributed by atoms with Crippen molar-refractivity contribution < 1.29 is 9.72 Å². The number of anilines is 1. The molecule has 1 amide bonds. The Balaban J connectivity index is 2.45. The number of rotatable bonds is 2. The lowest BCUT2D eigenvalue weighted by atomic mass is 10.2. The number of nitrogens with zero attached hydrogens (tertiary/aromatic N) is 2. The van der Waals surface area contributed by atoms with Crippen molar-refractivity contribution >= 4 is 49.1 Å². The van der Waals surface area contributed by atoms with Gasteiger partial charge >= 0.3 is 0 Å². The molecule has 0 bridgehead atoms. The third-order valence-electron chi connectivity index (χ3n) is 2.50. The number of carbonyl (C=O) groups is 1. The van der Waals surface area contributed by atoms with Crippen LogP contribution in [0.1, 0.15) is 6.42 Å². The van der Waals surface area contributed by atoms with Crippen LogP contribution in [0.15, 0.2) is 22.7 Å². The molecular weight excluding hydrogens is 356 g/mol. The van der Waals surface area contributed by atoms with E-state index in [9.17, 15) is 14.9 Å². The Kier molecular flexibility index (Phi) is 3.48. The van der Waals surface area contributed by atoms with Gasteiger partial charge in [-0.05, 0) is 12.1 Å². The first kappa shape index (κ1) is 12.5. The fourth-order valence-corrected chi connectivity index (χ4v) is 2.68. The molecule has 0 aromatic heterocycles. The van der Waals surface area contributed by atoms with Crippen LogP contribution in [0.25, 0.3) is 0 Å². The highest BCUT2D eigenvalue weighted by molar-refractivity contribution is 9.10. The molecule has 0 saturated carbocycles. The monoisotopic (exact) mass is 362 g/mol. The second-order valence-electron chi connectivity index (χ2n) is 3.70. The second-order valence-corrected chi connectivity index (χ2v) is 5.91. The minimum atomic E-state index is -0.477. The molecule has 1 atom stereocenters. The van der Waals surface area contributed by atoms with Gasteiger partial charge in [0.15, 0.2) is 0 Å². The maximum Gasteiger partial charge on any atom is 0.294 e. The zero-order valence-electron chi connectivity index (χ0n) is 8.60. The van der Waals surface area contributed by atoms with Gasteiger partial charge in [-0.25, -0.2) is 0 Å². The van der Waals surface area contributed by atoms with E-state index in [2.05, 4.69) is 31.9 Å². The smallest absolute Gasteiger partial charge is 0.294 e. The van der Waals surface area contributed by atoms with Gasteiger partial charge in [0, 0.05) is 28.3 Å². The van der Waals surface area contributed by atoms with E-state index >= 15 is 0 Å². The van der Waals surface area contributed by atoms with E-state index in [4.69, 9.17) is 0 Å². The molecule has 17 heavy (non-hydrogen) atoms. The van der Waals surface area contributed by atoms with E-state index in [1.807, 2.05) is 0 Å². The summed E-state index contributed by atoms with van der Waals surface area (Å²) < 4.78 is 0.620. The Labute approximate surface area is 114 Å². The summed E-state index contributed by atoms with van der Waals surface area (Å²) in [4.78, 5) is 23.7. The molecule has 90 valence electrons. The highest BCUT2D eigenvalue weighted by Gasteiger charge is 2.32. The van der Waals surface area contributed by atoms with E-state index in [1.165, 1.54) is 11.0 Å². The zero-order valence-corrected chi connectivity index (χ0v) is 11.8. The van der Waals surface area contributed by atoms with Gasteiger partial charge in [-0.15, -0.1) is 0 Å². The predicted molar refractivity (Wildman–Crippen MR) is 70.5 cm³/mol. The fourth-order valence-electron chi connectivity index (χ4n) is 1.77. The van der Waals surface area contributed by atoms with Crippen LogP contribution in [0.5, 0.6) is 0 Å². The molecule has 0 aliphatic carbocycles. The number of nitro groups is 1. The molecule has 1 aromatic carbocycles. The molecule has 7 heteroatoms. The Morgan fingerprint density at radius 2 is 2.18 bits per heavy atom. The van der Waals surface area contributed by atoms with Crippen molar-refractivity contribution in [3.63, 3.8) is 0 Å². The molecule has 2 rings (SSSR count). The Hall–Kier alpha value is -0.950. The van der Waals surface area contributed by atoms with Crippen LogP contribution in [-0.4, -0.2) is 22.2 Å². The van der Waals surface area contributed by atoms with Crippen molar-refractivity contribution in [3.8, 4) is 0 Å². The highest BCUT2D eigenvalue weighted by atomic mass is 79.9. The van der Waals surface area contributed by atoms with E-state index in [-0.39, 0.29) is 16.4 Å². The summed E-state index contributed by atoms with van der Waals surface area (Å²) in [6.07, 6.45) is 0.368. The largest absolute Gasteiger partial charge is 0.305 e. The second kappa shape index (κ2) is 4.73. The Morgan fingerprint density at radius 1 is 1.47 bits per heavy atom. The standard InChI is InChI=1S/C10H8Br2N2O3/c11-6-1-2-8(9(3-6)14(16)17)13-5-7(12)4-10(13)15/h1-3,7H,4-5H2. The molecule has 5 nitrogen and oxygen atoms in total. The highest BCUT2D eigenvalue weighted by Crippen LogP contribution is 2.34. The molecule has 1 heterocycles. The van der Waals surface area contributed by atoms with Crippen molar-refractivity contribution in [2.24, 2.45) is 0 Å². The van der Waals surface area contributed by atoms with Crippen LogP contribution in [0.4, 0.5) is 11.4 Å². The molecule has 1 aliphatic heterocycles. The molecular formula is C10H8Br2N2O3. The lowest BCUT2D eigenvalue weighted by Gasteiger charge is -2.15. The number of hydrogen-bond donors (Lipinski definition) is 0. The minimum absolute atomic E-state index is 0.0539. The molecule has 1 unspecified atom stereocenters. The summed E-state index contributed by atoms with van der Waals surface area (Å²) in [5.41, 5.74) is 0.291. The van der Waals surface area contributed by atoms with Gasteiger partial charge < -0.3 is 4.90 Å². The summed E-state index contributed by atoms with van der Waals surface area (Å²) in [5, 5.41) is 11.0. The molecule has 1 saturated heterocycles. The lowest BCUT2D eigenvalue weighted by molar-refractivity contribution is -0.384. The van der Waals surface area contributed by atoms with Crippen LogP contribution >= 0.6 is 31.9 Å².